The molecule has 2 aromatic carbocycles. The number of hydrogen-bond acceptors (Lipinski definition) is 6. The van der Waals surface area contributed by atoms with Gasteiger partial charge in [-0.25, -0.2) is 9.97 Å². The van der Waals surface area contributed by atoms with Gasteiger partial charge in [-0.15, -0.1) is 0 Å². The van der Waals surface area contributed by atoms with Crippen LogP contribution in [0.3, 0.4) is 0 Å². The van der Waals surface area contributed by atoms with Crippen molar-refractivity contribution in [2.45, 2.75) is 0 Å². The molecule has 8 heteroatoms. The number of nitrogens with one attached hydrogen (secondary N) is 2. The average molecular weight is 404 g/mol. The van der Waals surface area contributed by atoms with Gasteiger partial charge in [0.15, 0.2) is 17.3 Å². The fraction of sp³-hybridized carbons (Fsp3) is 0.136. The first kappa shape index (κ1) is 19.3. The smallest absolute Gasteiger partial charge is 0.260 e. The molecule has 30 heavy (non-hydrogen) atoms. The van der Waals surface area contributed by atoms with Crippen LogP contribution in [-0.2, 0) is 0 Å². The number of para-hydroxylation sites is 2. The molecule has 0 aliphatic rings. The standard InChI is InChI=1S/C22H20N4O4/c1-28-17-12-11-13(19(29-2)20(17)30-3)22(27)26-18-10-6-9-16(23-18)21-24-14-7-4-5-8-15(14)25-21/h4-12H,1-3H3,(H,24,25)(H,23,26,27). The second-order valence-corrected chi connectivity index (χ2v) is 6.35. The highest BCUT2D eigenvalue weighted by atomic mass is 16.5. The Balaban J connectivity index is 1.64. The van der Waals surface area contributed by atoms with Crippen molar-refractivity contribution in [2.75, 3.05) is 26.6 Å². The zero-order valence-electron chi connectivity index (χ0n) is 16.7. The van der Waals surface area contributed by atoms with Crippen LogP contribution in [0.4, 0.5) is 5.82 Å². The van der Waals surface area contributed by atoms with E-state index in [2.05, 4.69) is 20.3 Å². The number of carbonyl (C=O) groups excluding carboxylic acids is 1. The van der Waals surface area contributed by atoms with Crippen molar-refractivity contribution in [1.29, 1.82) is 0 Å². The molecule has 2 aromatic heterocycles. The number of H-pyrrole nitrogens is 1. The zero-order chi connectivity index (χ0) is 21.1. The van der Waals surface area contributed by atoms with Crippen molar-refractivity contribution < 1.29 is 19.0 Å². The summed E-state index contributed by atoms with van der Waals surface area (Å²) in [5.41, 5.74) is 2.67. The Hall–Kier alpha value is -4.07. The lowest BCUT2D eigenvalue weighted by molar-refractivity contribution is 0.102. The molecule has 4 aromatic rings. The Morgan fingerprint density at radius 2 is 1.67 bits per heavy atom. The van der Waals surface area contributed by atoms with Crippen LogP contribution < -0.4 is 19.5 Å². The van der Waals surface area contributed by atoms with Gasteiger partial charge in [0.2, 0.25) is 5.75 Å². The van der Waals surface area contributed by atoms with E-state index in [-0.39, 0.29) is 11.7 Å². The number of ether oxygens (including phenoxy) is 3. The minimum absolute atomic E-state index is 0.280. The number of nitrogens with zero attached hydrogens (tertiary/aromatic N) is 2. The van der Waals surface area contributed by atoms with Crippen LogP contribution >= 0.6 is 0 Å². The Kier molecular flexibility index (Phi) is 5.21. The molecule has 0 atom stereocenters. The van der Waals surface area contributed by atoms with Crippen molar-refractivity contribution in [2.24, 2.45) is 0 Å². The summed E-state index contributed by atoms with van der Waals surface area (Å²) in [6, 6.07) is 16.3. The number of fused-ring (bicyclic) bond motifs is 1. The molecule has 152 valence electrons. The van der Waals surface area contributed by atoms with Crippen molar-refractivity contribution in [3.8, 4) is 28.8 Å². The number of imidazole rings is 1. The summed E-state index contributed by atoms with van der Waals surface area (Å²) in [6.07, 6.45) is 0. The summed E-state index contributed by atoms with van der Waals surface area (Å²) in [5, 5.41) is 2.80. The van der Waals surface area contributed by atoms with Gasteiger partial charge in [-0.05, 0) is 36.4 Å². The van der Waals surface area contributed by atoms with Gasteiger partial charge in [0, 0.05) is 0 Å². The molecule has 0 radical (unpaired) electrons. The summed E-state index contributed by atoms with van der Waals surface area (Å²) < 4.78 is 16.0. The van der Waals surface area contributed by atoms with Crippen molar-refractivity contribution in [3.05, 3.63) is 60.2 Å². The Morgan fingerprint density at radius 3 is 2.40 bits per heavy atom. The van der Waals surface area contributed by atoms with Gasteiger partial charge in [0.1, 0.15) is 11.5 Å². The summed E-state index contributed by atoms with van der Waals surface area (Å²) in [7, 11) is 4.47. The number of aromatic nitrogens is 3. The fourth-order valence-corrected chi connectivity index (χ4v) is 3.17. The van der Waals surface area contributed by atoms with Crippen molar-refractivity contribution in [3.63, 3.8) is 0 Å². The maximum absolute atomic E-state index is 12.9. The van der Waals surface area contributed by atoms with Gasteiger partial charge in [0.05, 0.1) is 37.9 Å². The van der Waals surface area contributed by atoms with E-state index in [4.69, 9.17) is 14.2 Å². The first-order valence-electron chi connectivity index (χ1n) is 9.17. The molecule has 0 saturated carbocycles. The van der Waals surface area contributed by atoms with Crippen LogP contribution in [0.15, 0.2) is 54.6 Å². The van der Waals surface area contributed by atoms with E-state index < -0.39 is 0 Å². The van der Waals surface area contributed by atoms with Crippen molar-refractivity contribution in [1.82, 2.24) is 15.0 Å². The first-order valence-corrected chi connectivity index (χ1v) is 9.17. The van der Waals surface area contributed by atoms with Gasteiger partial charge in [-0.3, -0.25) is 4.79 Å². The minimum atomic E-state index is -0.387. The molecule has 0 aliphatic heterocycles. The second kappa shape index (κ2) is 8.12. The number of carbonyl (C=O) groups is 1. The van der Waals surface area contributed by atoms with Crippen molar-refractivity contribution >= 4 is 22.8 Å². The van der Waals surface area contributed by atoms with Crippen LogP contribution in [-0.4, -0.2) is 42.2 Å². The van der Waals surface area contributed by atoms with E-state index in [1.807, 2.05) is 30.3 Å². The summed E-state index contributed by atoms with van der Waals surface area (Å²) >= 11 is 0. The molecule has 0 saturated heterocycles. The van der Waals surface area contributed by atoms with E-state index >= 15 is 0 Å². The van der Waals surface area contributed by atoms with Crippen LogP contribution in [0.5, 0.6) is 17.2 Å². The molecule has 2 heterocycles. The van der Waals surface area contributed by atoms with E-state index in [9.17, 15) is 4.79 Å². The largest absolute Gasteiger partial charge is 0.493 e. The highest BCUT2D eigenvalue weighted by Gasteiger charge is 2.21. The average Bonchev–Trinajstić information content (AvgIpc) is 3.22. The normalized spacial score (nSPS) is 10.6. The molecule has 2 N–H and O–H groups in total. The van der Waals surface area contributed by atoms with E-state index in [0.29, 0.717) is 34.4 Å². The number of amides is 1. The lowest BCUT2D eigenvalue weighted by Gasteiger charge is -2.15. The lowest BCUT2D eigenvalue weighted by Crippen LogP contribution is -2.15. The van der Waals surface area contributed by atoms with Gasteiger partial charge < -0.3 is 24.5 Å². The molecule has 0 unspecified atom stereocenters. The van der Waals surface area contributed by atoms with Crippen LogP contribution in [0.25, 0.3) is 22.6 Å². The van der Waals surface area contributed by atoms with E-state index in [0.717, 1.165) is 11.0 Å². The fourth-order valence-electron chi connectivity index (χ4n) is 3.17. The molecular weight excluding hydrogens is 384 g/mol. The molecule has 0 fully saturated rings. The van der Waals surface area contributed by atoms with Gasteiger partial charge in [0.25, 0.3) is 5.91 Å². The second-order valence-electron chi connectivity index (χ2n) is 6.35. The Bertz CT molecular complexity index is 1190. The third kappa shape index (κ3) is 3.50. The summed E-state index contributed by atoms with van der Waals surface area (Å²) in [4.78, 5) is 25.2. The number of anilines is 1. The predicted molar refractivity (Wildman–Crippen MR) is 113 cm³/mol. The predicted octanol–water partition coefficient (Wildman–Crippen LogP) is 3.90. The first-order chi connectivity index (χ1) is 14.6. The monoisotopic (exact) mass is 404 g/mol. The SMILES string of the molecule is COc1ccc(C(=O)Nc2cccc(-c3nc4ccccc4[nH]3)n2)c(OC)c1OC. The number of rotatable bonds is 6. The van der Waals surface area contributed by atoms with Crippen LogP contribution in [0.2, 0.25) is 0 Å². The van der Waals surface area contributed by atoms with E-state index in [1.165, 1.54) is 21.3 Å². The third-order valence-electron chi connectivity index (χ3n) is 4.57. The highest BCUT2D eigenvalue weighted by Crippen LogP contribution is 2.39. The molecule has 0 spiro atoms. The zero-order valence-corrected chi connectivity index (χ0v) is 16.7. The van der Waals surface area contributed by atoms with Crippen LogP contribution in [0, 0.1) is 0 Å². The Labute approximate surface area is 172 Å². The number of benzene rings is 2. The highest BCUT2D eigenvalue weighted by molar-refractivity contribution is 6.06. The van der Waals surface area contributed by atoms with Gasteiger partial charge in [-0.1, -0.05) is 18.2 Å². The topological polar surface area (TPSA) is 98.4 Å². The van der Waals surface area contributed by atoms with Gasteiger partial charge >= 0.3 is 0 Å². The molecule has 0 bridgehead atoms. The number of pyridine rings is 1. The molecule has 1 amide bonds. The van der Waals surface area contributed by atoms with E-state index in [1.54, 1.807) is 24.3 Å². The number of methoxy groups -OCH3 is 3. The maximum atomic E-state index is 12.9. The third-order valence-corrected chi connectivity index (χ3v) is 4.57. The molecular formula is C22H20N4O4. The number of hydrogen-bond donors (Lipinski definition) is 2. The maximum Gasteiger partial charge on any atom is 0.260 e. The van der Waals surface area contributed by atoms with Gasteiger partial charge in [-0.2, -0.15) is 0 Å². The summed E-state index contributed by atoms with van der Waals surface area (Å²) in [6.45, 7) is 0. The number of aromatic amines is 1. The molecule has 8 nitrogen and oxygen atoms in total. The lowest BCUT2D eigenvalue weighted by atomic mass is 10.1. The quantitative estimate of drug-likeness (QED) is 0.506. The molecule has 4 rings (SSSR count). The Morgan fingerprint density at radius 1 is 0.867 bits per heavy atom. The summed E-state index contributed by atoms with van der Waals surface area (Å²) in [5.74, 6) is 1.71. The minimum Gasteiger partial charge on any atom is -0.493 e. The van der Waals surface area contributed by atoms with Crippen LogP contribution in [0.1, 0.15) is 10.4 Å². The molecule has 0 aliphatic carbocycles.